The number of hydrogen-bond acceptors (Lipinski definition) is 3. The number of hydrogen-bond donors (Lipinski definition) is 3. The second-order valence-corrected chi connectivity index (χ2v) is 6.06. The zero-order chi connectivity index (χ0) is 16.0. The van der Waals surface area contributed by atoms with E-state index in [9.17, 15) is 14.4 Å². The van der Waals surface area contributed by atoms with Gasteiger partial charge >= 0.3 is 12.0 Å². The van der Waals surface area contributed by atoms with E-state index in [0.29, 0.717) is 13.0 Å². The molecule has 120 valence electrons. The summed E-state index contributed by atoms with van der Waals surface area (Å²) in [6.45, 7) is 4.26. The second-order valence-electron chi connectivity index (χ2n) is 6.06. The Balaban J connectivity index is 2.60. The van der Waals surface area contributed by atoms with Gasteiger partial charge in [-0.3, -0.25) is 9.59 Å². The van der Waals surface area contributed by atoms with Crippen molar-refractivity contribution in [2.45, 2.75) is 45.6 Å². The third kappa shape index (κ3) is 4.91. The second kappa shape index (κ2) is 7.28. The third-order valence-electron chi connectivity index (χ3n) is 3.82. The van der Waals surface area contributed by atoms with E-state index in [1.165, 1.54) is 0 Å². The highest BCUT2D eigenvalue weighted by Crippen LogP contribution is 2.20. The maximum atomic E-state index is 12.2. The van der Waals surface area contributed by atoms with Crippen molar-refractivity contribution < 1.29 is 19.5 Å². The highest BCUT2D eigenvalue weighted by Gasteiger charge is 2.31. The number of carbonyl (C=O) groups is 3. The van der Waals surface area contributed by atoms with Crippen LogP contribution in [0.4, 0.5) is 4.79 Å². The quantitative estimate of drug-likeness (QED) is 0.699. The smallest absolute Gasteiger partial charge is 0.317 e. The number of piperidine rings is 1. The number of nitrogens with zero attached hydrogens (tertiary/aromatic N) is 1. The number of likely N-dealkylation sites (tertiary alicyclic amines) is 1. The van der Waals surface area contributed by atoms with E-state index < -0.39 is 11.4 Å². The number of carbonyl (C=O) groups excluding carboxylic acids is 2. The van der Waals surface area contributed by atoms with Gasteiger partial charge in [0, 0.05) is 26.2 Å². The van der Waals surface area contributed by atoms with Gasteiger partial charge in [0.05, 0.1) is 11.8 Å². The van der Waals surface area contributed by atoms with E-state index >= 15 is 0 Å². The molecule has 7 heteroatoms. The maximum absolute atomic E-state index is 12.2. The lowest BCUT2D eigenvalue weighted by Crippen LogP contribution is -2.52. The van der Waals surface area contributed by atoms with Crippen molar-refractivity contribution in [2.75, 3.05) is 20.1 Å². The van der Waals surface area contributed by atoms with Crippen LogP contribution in [0.1, 0.15) is 39.5 Å². The number of rotatable bonds is 5. The lowest BCUT2D eigenvalue weighted by atomic mass is 9.92. The molecule has 0 bridgehead atoms. The Bertz CT molecular complexity index is 409. The topological polar surface area (TPSA) is 98.7 Å². The molecule has 0 aliphatic carbocycles. The first-order chi connectivity index (χ1) is 9.77. The molecule has 0 aromatic heterocycles. The molecule has 7 nitrogen and oxygen atoms in total. The first-order valence-electron chi connectivity index (χ1n) is 7.26. The van der Waals surface area contributed by atoms with Crippen molar-refractivity contribution in [3.63, 3.8) is 0 Å². The van der Waals surface area contributed by atoms with Crippen molar-refractivity contribution in [3.05, 3.63) is 0 Å². The van der Waals surface area contributed by atoms with Crippen LogP contribution in [0.5, 0.6) is 0 Å². The van der Waals surface area contributed by atoms with Gasteiger partial charge in [-0.25, -0.2) is 4.79 Å². The van der Waals surface area contributed by atoms with Gasteiger partial charge in [0.1, 0.15) is 0 Å². The summed E-state index contributed by atoms with van der Waals surface area (Å²) in [5.74, 6) is -1.05. The molecule has 1 fully saturated rings. The maximum Gasteiger partial charge on any atom is 0.317 e. The molecule has 1 saturated heterocycles. The Hall–Kier alpha value is -1.79. The summed E-state index contributed by atoms with van der Waals surface area (Å²) < 4.78 is 0. The molecule has 1 aliphatic rings. The van der Waals surface area contributed by atoms with Gasteiger partial charge in [-0.2, -0.15) is 0 Å². The van der Waals surface area contributed by atoms with E-state index in [2.05, 4.69) is 10.6 Å². The number of carboxylic acids is 1. The Morgan fingerprint density at radius 3 is 2.52 bits per heavy atom. The fraction of sp³-hybridized carbons (Fsp3) is 0.786. The number of urea groups is 1. The third-order valence-corrected chi connectivity index (χ3v) is 3.82. The monoisotopic (exact) mass is 299 g/mol. The van der Waals surface area contributed by atoms with Crippen molar-refractivity contribution >= 4 is 17.9 Å². The van der Waals surface area contributed by atoms with Crippen LogP contribution in [-0.2, 0) is 9.59 Å². The van der Waals surface area contributed by atoms with Crippen LogP contribution in [0.2, 0.25) is 0 Å². The summed E-state index contributed by atoms with van der Waals surface area (Å²) in [6, 6.07) is -0.558. The first-order valence-corrected chi connectivity index (χ1v) is 7.26. The minimum Gasteiger partial charge on any atom is -0.481 e. The van der Waals surface area contributed by atoms with Crippen LogP contribution in [0, 0.1) is 5.41 Å². The number of aliphatic carboxylic acids is 1. The van der Waals surface area contributed by atoms with Gasteiger partial charge in [0.15, 0.2) is 0 Å². The lowest BCUT2D eigenvalue weighted by Gasteiger charge is -2.35. The lowest BCUT2D eigenvalue weighted by molar-refractivity contribution is -0.138. The van der Waals surface area contributed by atoms with Gasteiger partial charge in [-0.1, -0.05) is 0 Å². The van der Waals surface area contributed by atoms with Gasteiger partial charge < -0.3 is 20.6 Å². The van der Waals surface area contributed by atoms with Crippen LogP contribution in [0.25, 0.3) is 0 Å². The van der Waals surface area contributed by atoms with E-state index in [0.717, 1.165) is 12.8 Å². The van der Waals surface area contributed by atoms with Crippen LogP contribution in [0.3, 0.4) is 0 Å². The summed E-state index contributed by atoms with van der Waals surface area (Å²) in [5, 5.41) is 14.2. The molecule has 1 aliphatic heterocycles. The standard InChI is InChI=1S/C14H25N3O4/c1-14(2,12(20)15-3)9-16-13(21)17-7-5-4-6-10(17)8-11(18)19/h10H,4-9H2,1-3H3,(H,15,20)(H,16,21)(H,18,19). The molecule has 3 N–H and O–H groups in total. The zero-order valence-corrected chi connectivity index (χ0v) is 12.9. The molecule has 0 saturated carbocycles. The molecular weight excluding hydrogens is 274 g/mol. The predicted octanol–water partition coefficient (Wildman–Crippen LogP) is 0.797. The fourth-order valence-electron chi connectivity index (χ4n) is 2.50. The minimum absolute atomic E-state index is 0.0355. The van der Waals surface area contributed by atoms with Crippen LogP contribution < -0.4 is 10.6 Å². The largest absolute Gasteiger partial charge is 0.481 e. The molecule has 1 unspecified atom stereocenters. The van der Waals surface area contributed by atoms with Crippen molar-refractivity contribution in [3.8, 4) is 0 Å². The van der Waals surface area contributed by atoms with E-state index in [-0.39, 0.29) is 30.9 Å². The van der Waals surface area contributed by atoms with Crippen LogP contribution in [-0.4, -0.2) is 54.1 Å². The van der Waals surface area contributed by atoms with E-state index in [1.807, 2.05) is 0 Å². The molecule has 21 heavy (non-hydrogen) atoms. The molecule has 3 amide bonds. The normalized spacial score (nSPS) is 19.0. The van der Waals surface area contributed by atoms with E-state index in [1.54, 1.807) is 25.8 Å². The molecule has 0 spiro atoms. The number of amides is 3. The fourth-order valence-corrected chi connectivity index (χ4v) is 2.50. The SMILES string of the molecule is CNC(=O)C(C)(C)CNC(=O)N1CCCCC1CC(=O)O. The summed E-state index contributed by atoms with van der Waals surface area (Å²) in [6.07, 6.45) is 2.48. The predicted molar refractivity (Wildman–Crippen MR) is 77.8 cm³/mol. The van der Waals surface area contributed by atoms with Crippen molar-refractivity contribution in [1.82, 2.24) is 15.5 Å². The highest BCUT2D eigenvalue weighted by atomic mass is 16.4. The van der Waals surface area contributed by atoms with E-state index in [4.69, 9.17) is 5.11 Å². The summed E-state index contributed by atoms with van der Waals surface area (Å²) in [5.41, 5.74) is -0.706. The molecule has 1 rings (SSSR count). The average Bonchev–Trinajstić information content (AvgIpc) is 2.43. The Labute approximate surface area is 125 Å². The average molecular weight is 299 g/mol. The molecular formula is C14H25N3O4. The minimum atomic E-state index is -0.898. The summed E-state index contributed by atoms with van der Waals surface area (Å²) >= 11 is 0. The Morgan fingerprint density at radius 1 is 1.29 bits per heavy atom. The van der Waals surface area contributed by atoms with Crippen molar-refractivity contribution in [2.24, 2.45) is 5.41 Å². The Kier molecular flexibility index (Phi) is 5.99. The number of carboxylic acid groups (broad SMARTS) is 1. The molecule has 0 aromatic rings. The van der Waals surface area contributed by atoms with Gasteiger partial charge in [-0.15, -0.1) is 0 Å². The molecule has 1 heterocycles. The first kappa shape index (κ1) is 17.3. The van der Waals surface area contributed by atoms with Gasteiger partial charge in [0.25, 0.3) is 0 Å². The van der Waals surface area contributed by atoms with Crippen molar-refractivity contribution in [1.29, 1.82) is 0 Å². The van der Waals surface area contributed by atoms with Crippen LogP contribution >= 0.6 is 0 Å². The Morgan fingerprint density at radius 2 is 1.95 bits per heavy atom. The molecule has 1 atom stereocenters. The number of nitrogens with one attached hydrogen (secondary N) is 2. The highest BCUT2D eigenvalue weighted by molar-refractivity contribution is 5.83. The zero-order valence-electron chi connectivity index (χ0n) is 12.9. The van der Waals surface area contributed by atoms with Gasteiger partial charge in [0.2, 0.25) is 5.91 Å². The van der Waals surface area contributed by atoms with Gasteiger partial charge in [-0.05, 0) is 33.1 Å². The molecule has 0 radical (unpaired) electrons. The molecule has 0 aromatic carbocycles. The summed E-state index contributed by atoms with van der Waals surface area (Å²) in [4.78, 5) is 36.4. The van der Waals surface area contributed by atoms with Crippen LogP contribution in [0.15, 0.2) is 0 Å². The summed E-state index contributed by atoms with van der Waals surface area (Å²) in [7, 11) is 1.55.